The maximum absolute atomic E-state index is 11.9. The van der Waals surface area contributed by atoms with Gasteiger partial charge in [0.15, 0.2) is 0 Å². The van der Waals surface area contributed by atoms with Crippen LogP contribution in [0, 0.1) is 0 Å². The minimum atomic E-state index is -0.694. The molecule has 0 aliphatic heterocycles. The molecular formula is C14H17NO3. The molecule has 0 bridgehead atoms. The molecule has 0 saturated heterocycles. The number of hydrogen-bond donors (Lipinski definition) is 1. The van der Waals surface area contributed by atoms with Crippen LogP contribution in [0.15, 0.2) is 42.5 Å². The fourth-order valence-electron chi connectivity index (χ4n) is 1.52. The minimum absolute atomic E-state index is 0.299. The lowest BCUT2D eigenvalue weighted by Gasteiger charge is -2.16. The van der Waals surface area contributed by atoms with Crippen LogP contribution in [0.2, 0.25) is 0 Å². The van der Waals surface area contributed by atoms with Crippen molar-refractivity contribution in [2.24, 2.45) is 0 Å². The first-order valence-corrected chi connectivity index (χ1v) is 5.62. The minimum Gasteiger partial charge on any atom is -0.467 e. The van der Waals surface area contributed by atoms with E-state index in [2.05, 4.69) is 16.6 Å². The van der Waals surface area contributed by atoms with Crippen molar-refractivity contribution in [3.05, 3.63) is 48.0 Å². The van der Waals surface area contributed by atoms with Gasteiger partial charge >= 0.3 is 5.97 Å². The molecule has 1 atom stereocenters. The number of amides is 1. The van der Waals surface area contributed by atoms with Crippen molar-refractivity contribution in [1.29, 1.82) is 0 Å². The predicted molar refractivity (Wildman–Crippen MR) is 69.1 cm³/mol. The Kier molecular flexibility index (Phi) is 5.11. The van der Waals surface area contributed by atoms with Crippen LogP contribution in [0.4, 0.5) is 0 Å². The Morgan fingerprint density at radius 2 is 1.94 bits per heavy atom. The van der Waals surface area contributed by atoms with Gasteiger partial charge < -0.3 is 10.1 Å². The van der Waals surface area contributed by atoms with Gasteiger partial charge in [-0.15, -0.1) is 6.58 Å². The van der Waals surface area contributed by atoms with Crippen molar-refractivity contribution < 1.29 is 14.3 Å². The fraction of sp³-hybridized carbons (Fsp3) is 0.286. The highest BCUT2D eigenvalue weighted by atomic mass is 16.5. The fourth-order valence-corrected chi connectivity index (χ4v) is 1.52. The van der Waals surface area contributed by atoms with Gasteiger partial charge in [0.05, 0.1) is 7.11 Å². The van der Waals surface area contributed by atoms with Crippen LogP contribution in [0.3, 0.4) is 0 Å². The summed E-state index contributed by atoms with van der Waals surface area (Å²) >= 11 is 0. The summed E-state index contributed by atoms with van der Waals surface area (Å²) in [6.45, 7) is 5.53. The molecule has 0 radical (unpaired) electrons. The molecule has 4 nitrogen and oxygen atoms in total. The third-order valence-electron chi connectivity index (χ3n) is 2.38. The quantitative estimate of drug-likeness (QED) is 0.639. The average molecular weight is 247 g/mol. The lowest BCUT2D eigenvalue weighted by molar-refractivity contribution is -0.142. The molecule has 0 saturated carbocycles. The third-order valence-corrected chi connectivity index (χ3v) is 2.38. The summed E-state index contributed by atoms with van der Waals surface area (Å²) in [5.74, 6) is -0.769. The van der Waals surface area contributed by atoms with Crippen LogP contribution in [0.1, 0.15) is 23.7 Å². The molecule has 18 heavy (non-hydrogen) atoms. The van der Waals surface area contributed by atoms with E-state index in [0.29, 0.717) is 12.0 Å². The standard InChI is InChI=1S/C14H17NO3/c1-10(2)9-12(14(17)18-3)15-13(16)11-7-5-4-6-8-11/h4-8,12H,1,9H2,2-3H3,(H,15,16). The average Bonchev–Trinajstić information content (AvgIpc) is 2.37. The first-order chi connectivity index (χ1) is 8.54. The van der Waals surface area contributed by atoms with Gasteiger partial charge in [-0.1, -0.05) is 23.8 Å². The summed E-state index contributed by atoms with van der Waals surface area (Å²) in [5.41, 5.74) is 1.31. The Labute approximate surface area is 107 Å². The molecule has 0 aliphatic carbocycles. The second-order valence-electron chi connectivity index (χ2n) is 4.08. The molecule has 4 heteroatoms. The monoisotopic (exact) mass is 247 g/mol. The molecule has 1 N–H and O–H groups in total. The Balaban J connectivity index is 2.74. The summed E-state index contributed by atoms with van der Waals surface area (Å²) in [7, 11) is 1.29. The highest BCUT2D eigenvalue weighted by Crippen LogP contribution is 2.06. The number of ether oxygens (including phenoxy) is 1. The Hall–Kier alpha value is -2.10. The van der Waals surface area contributed by atoms with Gasteiger partial charge in [0.25, 0.3) is 5.91 Å². The summed E-state index contributed by atoms with van der Waals surface area (Å²) < 4.78 is 4.66. The Morgan fingerprint density at radius 1 is 1.33 bits per heavy atom. The summed E-state index contributed by atoms with van der Waals surface area (Å²) in [5, 5.41) is 2.64. The normalized spacial score (nSPS) is 11.4. The number of rotatable bonds is 5. The van der Waals surface area contributed by atoms with Gasteiger partial charge in [-0.3, -0.25) is 4.79 Å². The van der Waals surface area contributed by atoms with Crippen molar-refractivity contribution in [1.82, 2.24) is 5.32 Å². The summed E-state index contributed by atoms with van der Waals surface area (Å²) in [6, 6.07) is 8.03. The van der Waals surface area contributed by atoms with E-state index in [1.807, 2.05) is 6.07 Å². The van der Waals surface area contributed by atoms with Crippen molar-refractivity contribution in [2.45, 2.75) is 19.4 Å². The van der Waals surface area contributed by atoms with E-state index in [1.54, 1.807) is 31.2 Å². The zero-order valence-electron chi connectivity index (χ0n) is 10.6. The van der Waals surface area contributed by atoms with Gasteiger partial charge in [-0.25, -0.2) is 4.79 Å². The number of carbonyl (C=O) groups excluding carboxylic acids is 2. The van der Waals surface area contributed by atoms with E-state index in [4.69, 9.17) is 0 Å². The molecular weight excluding hydrogens is 230 g/mol. The van der Waals surface area contributed by atoms with Crippen LogP contribution < -0.4 is 5.32 Å². The maximum atomic E-state index is 11.9. The highest BCUT2D eigenvalue weighted by Gasteiger charge is 2.21. The van der Waals surface area contributed by atoms with Crippen molar-refractivity contribution >= 4 is 11.9 Å². The van der Waals surface area contributed by atoms with E-state index in [1.165, 1.54) is 7.11 Å². The molecule has 0 aliphatic rings. The lowest BCUT2D eigenvalue weighted by Crippen LogP contribution is -2.41. The van der Waals surface area contributed by atoms with Crippen LogP contribution in [-0.2, 0) is 9.53 Å². The Bertz CT molecular complexity index is 440. The first-order valence-electron chi connectivity index (χ1n) is 5.62. The zero-order valence-corrected chi connectivity index (χ0v) is 10.6. The SMILES string of the molecule is C=C(C)CC(NC(=O)c1ccccc1)C(=O)OC. The number of methoxy groups -OCH3 is 1. The van der Waals surface area contributed by atoms with Gasteiger partial charge in [0.1, 0.15) is 6.04 Å². The van der Waals surface area contributed by atoms with E-state index >= 15 is 0 Å². The van der Waals surface area contributed by atoms with Gasteiger partial charge in [0.2, 0.25) is 0 Å². The number of carbonyl (C=O) groups is 2. The maximum Gasteiger partial charge on any atom is 0.328 e. The van der Waals surface area contributed by atoms with Gasteiger partial charge in [0, 0.05) is 5.56 Å². The summed E-state index contributed by atoms with van der Waals surface area (Å²) in [6.07, 6.45) is 0.366. The van der Waals surface area contributed by atoms with Crippen LogP contribution in [-0.4, -0.2) is 25.0 Å². The van der Waals surface area contributed by atoms with Crippen molar-refractivity contribution in [2.75, 3.05) is 7.11 Å². The van der Waals surface area contributed by atoms with Crippen molar-refractivity contribution in [3.8, 4) is 0 Å². The van der Waals surface area contributed by atoms with Crippen LogP contribution in [0.5, 0.6) is 0 Å². The molecule has 1 amide bonds. The largest absolute Gasteiger partial charge is 0.467 e. The molecule has 1 aromatic carbocycles. The van der Waals surface area contributed by atoms with Crippen LogP contribution in [0.25, 0.3) is 0 Å². The molecule has 0 heterocycles. The van der Waals surface area contributed by atoms with Gasteiger partial charge in [-0.2, -0.15) is 0 Å². The van der Waals surface area contributed by atoms with E-state index < -0.39 is 12.0 Å². The van der Waals surface area contributed by atoms with Crippen molar-refractivity contribution in [3.63, 3.8) is 0 Å². The lowest BCUT2D eigenvalue weighted by atomic mass is 10.1. The molecule has 96 valence electrons. The second kappa shape index (κ2) is 6.59. The zero-order chi connectivity index (χ0) is 13.5. The third kappa shape index (κ3) is 4.05. The number of hydrogen-bond acceptors (Lipinski definition) is 3. The van der Waals surface area contributed by atoms with E-state index in [0.717, 1.165) is 5.57 Å². The van der Waals surface area contributed by atoms with E-state index in [-0.39, 0.29) is 5.91 Å². The van der Waals surface area contributed by atoms with Crippen LogP contribution >= 0.6 is 0 Å². The first kappa shape index (κ1) is 14.0. The molecule has 1 aromatic rings. The molecule has 1 rings (SSSR count). The smallest absolute Gasteiger partial charge is 0.328 e. The summed E-state index contributed by atoms with van der Waals surface area (Å²) in [4.78, 5) is 23.4. The molecule has 1 unspecified atom stereocenters. The van der Waals surface area contributed by atoms with Gasteiger partial charge in [-0.05, 0) is 25.5 Å². The van der Waals surface area contributed by atoms with E-state index in [9.17, 15) is 9.59 Å². The number of nitrogens with one attached hydrogen (secondary N) is 1. The number of esters is 1. The highest BCUT2D eigenvalue weighted by molar-refractivity contribution is 5.96. The molecule has 0 spiro atoms. The molecule has 0 fully saturated rings. The predicted octanol–water partition coefficient (Wildman–Crippen LogP) is 1.92. The number of benzene rings is 1. The second-order valence-corrected chi connectivity index (χ2v) is 4.08. The topological polar surface area (TPSA) is 55.4 Å². The molecule has 0 aromatic heterocycles. The Morgan fingerprint density at radius 3 is 2.44 bits per heavy atom.